The molecule has 0 radical (unpaired) electrons. The Morgan fingerprint density at radius 1 is 1.07 bits per heavy atom. The molecule has 3 N–H and O–H groups in total. The number of rotatable bonds is 7. The van der Waals surface area contributed by atoms with E-state index in [0.717, 1.165) is 6.33 Å². The number of hydrogen-bond donors (Lipinski definition) is 3. The van der Waals surface area contributed by atoms with Crippen LogP contribution in [0.15, 0.2) is 55.0 Å². The summed E-state index contributed by atoms with van der Waals surface area (Å²) >= 11 is 0. The lowest BCUT2D eigenvalue weighted by molar-refractivity contribution is -0.383. The maximum absolute atomic E-state index is 12.2. The van der Waals surface area contributed by atoms with Crippen molar-refractivity contribution in [1.82, 2.24) is 20.4 Å². The number of methoxy groups -OCH3 is 1. The molecule has 0 aliphatic carbocycles. The van der Waals surface area contributed by atoms with Crippen molar-refractivity contribution in [1.29, 1.82) is 0 Å². The smallest absolute Gasteiger partial charge is 0.355 e. The average molecular weight is 381 g/mol. The molecule has 11 nitrogen and oxygen atoms in total. The Morgan fingerprint density at radius 2 is 1.82 bits per heavy atom. The largest absolute Gasteiger partial charge is 0.497 e. The van der Waals surface area contributed by atoms with E-state index in [0.29, 0.717) is 17.1 Å². The van der Waals surface area contributed by atoms with Gasteiger partial charge in [0.05, 0.1) is 12.0 Å². The van der Waals surface area contributed by atoms with Crippen LogP contribution in [0.1, 0.15) is 10.4 Å². The molecule has 0 fully saturated rings. The zero-order valence-electron chi connectivity index (χ0n) is 14.6. The highest BCUT2D eigenvalue weighted by atomic mass is 16.6. The summed E-state index contributed by atoms with van der Waals surface area (Å²) in [6.45, 7) is 0. The molecule has 0 atom stereocenters. The highest BCUT2D eigenvalue weighted by Crippen LogP contribution is 2.30. The second-order valence-electron chi connectivity index (χ2n) is 5.32. The molecular formula is C17H15N7O4. The van der Waals surface area contributed by atoms with E-state index in [1.807, 2.05) is 0 Å². The highest BCUT2D eigenvalue weighted by molar-refractivity contribution is 5.95. The van der Waals surface area contributed by atoms with Crippen LogP contribution in [-0.2, 0) is 0 Å². The third-order valence-electron chi connectivity index (χ3n) is 3.56. The minimum absolute atomic E-state index is 0.0695. The van der Waals surface area contributed by atoms with Crippen LogP contribution in [0.2, 0.25) is 0 Å². The van der Waals surface area contributed by atoms with E-state index >= 15 is 0 Å². The maximum atomic E-state index is 12.2. The molecule has 0 bridgehead atoms. The fourth-order valence-electron chi connectivity index (χ4n) is 2.22. The Morgan fingerprint density at radius 3 is 2.46 bits per heavy atom. The molecule has 2 aromatic heterocycles. The van der Waals surface area contributed by atoms with Crippen LogP contribution in [0.3, 0.4) is 0 Å². The number of nitrogens with zero attached hydrogens (tertiary/aromatic N) is 4. The minimum atomic E-state index is -0.660. The fraction of sp³-hybridized carbons (Fsp3) is 0.0588. The molecule has 0 aliphatic heterocycles. The number of pyridine rings is 1. The predicted molar refractivity (Wildman–Crippen MR) is 100 cm³/mol. The first-order valence-corrected chi connectivity index (χ1v) is 7.96. The molecule has 142 valence electrons. The van der Waals surface area contributed by atoms with E-state index in [2.05, 4.69) is 31.1 Å². The number of hydrogen-bond acceptors (Lipinski definition) is 9. The zero-order chi connectivity index (χ0) is 19.9. The van der Waals surface area contributed by atoms with E-state index in [4.69, 9.17) is 4.74 Å². The minimum Gasteiger partial charge on any atom is -0.497 e. The lowest BCUT2D eigenvalue weighted by Crippen LogP contribution is -2.30. The summed E-state index contributed by atoms with van der Waals surface area (Å²) in [6.07, 6.45) is 2.66. The van der Waals surface area contributed by atoms with Gasteiger partial charge in [0.15, 0.2) is 0 Å². The van der Waals surface area contributed by atoms with Gasteiger partial charge in [-0.3, -0.25) is 25.8 Å². The van der Waals surface area contributed by atoms with Gasteiger partial charge >= 0.3 is 5.69 Å². The molecule has 0 aliphatic rings. The van der Waals surface area contributed by atoms with Gasteiger partial charge in [0, 0.05) is 11.8 Å². The van der Waals surface area contributed by atoms with Crippen LogP contribution >= 0.6 is 0 Å². The Labute approximate surface area is 158 Å². The zero-order valence-corrected chi connectivity index (χ0v) is 14.6. The first-order chi connectivity index (χ1) is 13.6. The summed E-state index contributed by atoms with van der Waals surface area (Å²) in [5.41, 5.74) is 4.72. The summed E-state index contributed by atoms with van der Waals surface area (Å²) in [5.74, 6) is 0.216. The summed E-state index contributed by atoms with van der Waals surface area (Å²) in [4.78, 5) is 34.8. The number of carbonyl (C=O) groups excluding carboxylic acids is 1. The SMILES string of the molecule is COc1ccc(C(=O)NNc2ncnc(Nc3ccccn3)c2[N+](=O)[O-])cc1. The van der Waals surface area contributed by atoms with Crippen LogP contribution < -0.4 is 20.9 Å². The molecule has 3 aromatic rings. The number of anilines is 3. The third-order valence-corrected chi connectivity index (χ3v) is 3.56. The molecule has 1 amide bonds. The van der Waals surface area contributed by atoms with Gasteiger partial charge in [-0.25, -0.2) is 15.0 Å². The lowest BCUT2D eigenvalue weighted by Gasteiger charge is -2.10. The van der Waals surface area contributed by atoms with Crippen molar-refractivity contribution in [3.63, 3.8) is 0 Å². The second kappa shape index (κ2) is 8.40. The Balaban J connectivity index is 1.78. The molecule has 28 heavy (non-hydrogen) atoms. The Hall–Kier alpha value is -4.28. The van der Waals surface area contributed by atoms with Gasteiger partial charge in [0.25, 0.3) is 5.91 Å². The van der Waals surface area contributed by atoms with Crippen molar-refractivity contribution in [2.75, 3.05) is 17.9 Å². The van der Waals surface area contributed by atoms with E-state index in [-0.39, 0.29) is 11.6 Å². The van der Waals surface area contributed by atoms with E-state index < -0.39 is 16.5 Å². The van der Waals surface area contributed by atoms with Gasteiger partial charge in [0.2, 0.25) is 11.6 Å². The number of hydrazine groups is 1. The molecular weight excluding hydrogens is 366 g/mol. The van der Waals surface area contributed by atoms with Crippen molar-refractivity contribution in [2.24, 2.45) is 0 Å². The van der Waals surface area contributed by atoms with E-state index in [1.54, 1.807) is 42.5 Å². The standard InChI is InChI=1S/C17H15N7O4/c1-28-12-7-5-11(6-8-12)17(25)23-22-16-14(24(26)27)15(19-10-20-16)21-13-4-2-3-9-18-13/h2-10H,1H3,(H,23,25)(H2,18,19,20,21,22). The number of amides is 1. The van der Waals surface area contributed by atoms with Crippen molar-refractivity contribution < 1.29 is 14.5 Å². The van der Waals surface area contributed by atoms with Crippen LogP contribution in [0.4, 0.5) is 23.1 Å². The maximum Gasteiger partial charge on any atom is 0.355 e. The van der Waals surface area contributed by atoms with Crippen molar-refractivity contribution in [3.8, 4) is 5.75 Å². The second-order valence-corrected chi connectivity index (χ2v) is 5.32. The lowest BCUT2D eigenvalue weighted by atomic mass is 10.2. The predicted octanol–water partition coefficient (Wildman–Crippen LogP) is 2.29. The quantitative estimate of drug-likeness (QED) is 0.414. The molecule has 0 unspecified atom stereocenters. The topological polar surface area (TPSA) is 144 Å². The summed E-state index contributed by atoms with van der Waals surface area (Å²) in [6, 6.07) is 11.4. The van der Waals surface area contributed by atoms with Crippen LogP contribution in [0.25, 0.3) is 0 Å². The highest BCUT2D eigenvalue weighted by Gasteiger charge is 2.24. The summed E-state index contributed by atoms with van der Waals surface area (Å²) < 4.78 is 5.03. The molecule has 0 saturated carbocycles. The van der Waals surface area contributed by atoms with Gasteiger partial charge in [-0.15, -0.1) is 0 Å². The first kappa shape index (κ1) is 18.5. The van der Waals surface area contributed by atoms with E-state index in [1.165, 1.54) is 13.3 Å². The van der Waals surface area contributed by atoms with Crippen LogP contribution in [-0.4, -0.2) is 32.9 Å². The Bertz CT molecular complexity index is 981. The molecule has 11 heteroatoms. The third kappa shape index (κ3) is 4.27. The van der Waals surface area contributed by atoms with Crippen molar-refractivity contribution in [3.05, 3.63) is 70.7 Å². The number of nitrogens with one attached hydrogen (secondary N) is 3. The van der Waals surface area contributed by atoms with Crippen LogP contribution in [0, 0.1) is 10.1 Å². The molecule has 0 spiro atoms. The van der Waals surface area contributed by atoms with Crippen LogP contribution in [0.5, 0.6) is 5.75 Å². The van der Waals surface area contributed by atoms with Crippen molar-refractivity contribution in [2.45, 2.75) is 0 Å². The van der Waals surface area contributed by atoms with E-state index in [9.17, 15) is 14.9 Å². The first-order valence-electron chi connectivity index (χ1n) is 7.96. The number of nitro groups is 1. The number of benzene rings is 1. The molecule has 2 heterocycles. The Kier molecular flexibility index (Phi) is 5.55. The summed E-state index contributed by atoms with van der Waals surface area (Å²) in [5, 5.41) is 14.3. The molecule has 0 saturated heterocycles. The monoisotopic (exact) mass is 381 g/mol. The molecule has 3 rings (SSSR count). The number of ether oxygens (including phenoxy) is 1. The fourth-order valence-corrected chi connectivity index (χ4v) is 2.22. The normalized spacial score (nSPS) is 10.0. The van der Waals surface area contributed by atoms with Gasteiger partial charge in [-0.2, -0.15) is 0 Å². The van der Waals surface area contributed by atoms with Gasteiger partial charge in [-0.1, -0.05) is 6.07 Å². The number of aromatic nitrogens is 3. The van der Waals surface area contributed by atoms with Crippen molar-refractivity contribution >= 4 is 29.0 Å². The van der Waals surface area contributed by atoms with Gasteiger partial charge in [-0.05, 0) is 36.4 Å². The van der Waals surface area contributed by atoms with Gasteiger partial charge < -0.3 is 10.1 Å². The average Bonchev–Trinajstić information content (AvgIpc) is 2.72. The summed E-state index contributed by atoms with van der Waals surface area (Å²) in [7, 11) is 1.52. The molecule has 1 aromatic carbocycles. The number of carbonyl (C=O) groups is 1. The van der Waals surface area contributed by atoms with Gasteiger partial charge in [0.1, 0.15) is 17.9 Å².